The molecule has 0 spiro atoms. The summed E-state index contributed by atoms with van der Waals surface area (Å²) in [5.41, 5.74) is 0. The molecule has 0 amide bonds. The van der Waals surface area contributed by atoms with Gasteiger partial charge in [-0.15, -0.1) is 0 Å². The summed E-state index contributed by atoms with van der Waals surface area (Å²) in [6.07, 6.45) is 0. The van der Waals surface area contributed by atoms with E-state index >= 15 is 0 Å². The standard InChI is InChI=1S/C6H3BrClO2S/c7-5-1-3-6(4-2-5)11(8,9)10/h1-3H. The van der Waals surface area contributed by atoms with Gasteiger partial charge in [-0.25, -0.2) is 8.42 Å². The fourth-order valence-electron chi connectivity index (χ4n) is 0.543. The molecular weight excluding hydrogens is 251 g/mol. The SMILES string of the molecule is O=S(=O)(Cl)c1[c]cc(Br)cc1. The third-order valence-electron chi connectivity index (χ3n) is 1.01. The van der Waals surface area contributed by atoms with E-state index in [0.717, 1.165) is 4.47 Å². The molecule has 0 saturated heterocycles. The van der Waals surface area contributed by atoms with Gasteiger partial charge in [-0.2, -0.15) is 0 Å². The Morgan fingerprint density at radius 2 is 2.09 bits per heavy atom. The summed E-state index contributed by atoms with van der Waals surface area (Å²) in [7, 11) is 1.41. The van der Waals surface area contributed by atoms with Crippen LogP contribution in [0.4, 0.5) is 0 Å². The average Bonchev–Trinajstić information content (AvgIpc) is 1.86. The molecule has 0 heterocycles. The van der Waals surface area contributed by atoms with Crippen LogP contribution in [-0.4, -0.2) is 8.42 Å². The van der Waals surface area contributed by atoms with Crippen molar-refractivity contribution in [1.82, 2.24) is 0 Å². The normalized spacial score (nSPS) is 11.5. The molecule has 11 heavy (non-hydrogen) atoms. The van der Waals surface area contributed by atoms with Gasteiger partial charge in [0.1, 0.15) is 0 Å². The Balaban J connectivity index is 3.20. The predicted molar refractivity (Wildman–Crippen MR) is 46.0 cm³/mol. The van der Waals surface area contributed by atoms with Gasteiger partial charge in [-0.05, 0) is 18.2 Å². The van der Waals surface area contributed by atoms with Gasteiger partial charge in [-0.1, -0.05) is 15.9 Å². The third-order valence-corrected chi connectivity index (χ3v) is 2.78. The number of benzene rings is 1. The minimum atomic E-state index is -3.62. The van der Waals surface area contributed by atoms with Crippen molar-refractivity contribution in [3.8, 4) is 0 Å². The monoisotopic (exact) mass is 253 g/mol. The van der Waals surface area contributed by atoms with Crippen molar-refractivity contribution in [1.29, 1.82) is 0 Å². The lowest BCUT2D eigenvalue weighted by Gasteiger charge is -1.93. The summed E-state index contributed by atoms with van der Waals surface area (Å²) in [4.78, 5) is -0.0117. The highest BCUT2D eigenvalue weighted by molar-refractivity contribution is 9.10. The molecule has 0 saturated carbocycles. The zero-order chi connectivity index (χ0) is 8.48. The van der Waals surface area contributed by atoms with Gasteiger partial charge >= 0.3 is 0 Å². The van der Waals surface area contributed by atoms with Crippen molar-refractivity contribution in [3.63, 3.8) is 0 Å². The van der Waals surface area contributed by atoms with Gasteiger partial charge in [0.25, 0.3) is 9.05 Å². The van der Waals surface area contributed by atoms with E-state index < -0.39 is 9.05 Å². The van der Waals surface area contributed by atoms with E-state index in [-0.39, 0.29) is 4.90 Å². The van der Waals surface area contributed by atoms with Gasteiger partial charge in [0, 0.05) is 21.2 Å². The van der Waals surface area contributed by atoms with Gasteiger partial charge in [-0.3, -0.25) is 0 Å². The molecular formula is C6H3BrClO2S. The quantitative estimate of drug-likeness (QED) is 0.720. The van der Waals surface area contributed by atoms with E-state index in [2.05, 4.69) is 22.0 Å². The van der Waals surface area contributed by atoms with Gasteiger partial charge in [0.2, 0.25) is 0 Å². The highest BCUT2D eigenvalue weighted by Crippen LogP contribution is 2.16. The van der Waals surface area contributed by atoms with Gasteiger partial charge in [0.15, 0.2) is 0 Å². The van der Waals surface area contributed by atoms with E-state index in [9.17, 15) is 8.42 Å². The average molecular weight is 255 g/mol. The van der Waals surface area contributed by atoms with Crippen molar-refractivity contribution < 1.29 is 8.42 Å². The van der Waals surface area contributed by atoms with Crippen LogP contribution in [0.25, 0.3) is 0 Å². The highest BCUT2D eigenvalue weighted by atomic mass is 79.9. The summed E-state index contributed by atoms with van der Waals surface area (Å²) < 4.78 is 22.1. The maximum Gasteiger partial charge on any atom is 0.261 e. The first-order chi connectivity index (χ1) is 5.00. The lowest BCUT2D eigenvalue weighted by atomic mass is 10.4. The minimum Gasteiger partial charge on any atom is -0.207 e. The molecule has 59 valence electrons. The maximum atomic E-state index is 10.7. The molecule has 0 aliphatic carbocycles. The second-order valence-corrected chi connectivity index (χ2v) is 5.26. The molecule has 2 nitrogen and oxygen atoms in total. The summed E-state index contributed by atoms with van der Waals surface area (Å²) in [6.45, 7) is 0. The topological polar surface area (TPSA) is 34.1 Å². The molecule has 0 fully saturated rings. The minimum absolute atomic E-state index is 0.0117. The lowest BCUT2D eigenvalue weighted by Crippen LogP contribution is -1.88. The highest BCUT2D eigenvalue weighted by Gasteiger charge is 2.08. The Morgan fingerprint density at radius 3 is 2.45 bits per heavy atom. The molecule has 1 radical (unpaired) electrons. The van der Waals surface area contributed by atoms with Crippen molar-refractivity contribution in [2.24, 2.45) is 0 Å². The Hall–Kier alpha value is -0.0600. The van der Waals surface area contributed by atoms with E-state index in [1.54, 1.807) is 6.07 Å². The Bertz CT molecular complexity index is 343. The first kappa shape index (κ1) is 9.03. The first-order valence-corrected chi connectivity index (χ1v) is 5.72. The molecule has 1 aromatic carbocycles. The third kappa shape index (κ3) is 2.47. The second-order valence-electron chi connectivity index (χ2n) is 1.81. The van der Waals surface area contributed by atoms with E-state index in [1.165, 1.54) is 12.1 Å². The first-order valence-electron chi connectivity index (χ1n) is 2.62. The van der Waals surface area contributed by atoms with Crippen LogP contribution >= 0.6 is 26.6 Å². The van der Waals surface area contributed by atoms with Crippen LogP contribution in [0.15, 0.2) is 27.6 Å². The number of rotatable bonds is 1. The van der Waals surface area contributed by atoms with Crippen LogP contribution in [0, 0.1) is 6.07 Å². The Labute approximate surface area is 77.7 Å². The van der Waals surface area contributed by atoms with E-state index in [4.69, 9.17) is 10.7 Å². The lowest BCUT2D eigenvalue weighted by molar-refractivity contribution is 0.609. The van der Waals surface area contributed by atoms with Crippen LogP contribution in [0.2, 0.25) is 0 Å². The van der Waals surface area contributed by atoms with Crippen LogP contribution in [0.3, 0.4) is 0 Å². The van der Waals surface area contributed by atoms with Crippen molar-refractivity contribution >= 4 is 35.7 Å². The molecule has 0 aliphatic rings. The summed E-state index contributed by atoms with van der Waals surface area (Å²) in [5, 5.41) is 0. The molecule has 0 N–H and O–H groups in total. The molecule has 1 aromatic rings. The molecule has 0 bridgehead atoms. The fraction of sp³-hybridized carbons (Fsp3) is 0. The summed E-state index contributed by atoms with van der Waals surface area (Å²) in [6, 6.07) is 6.98. The summed E-state index contributed by atoms with van der Waals surface area (Å²) >= 11 is 3.14. The molecule has 1 rings (SSSR count). The van der Waals surface area contributed by atoms with Gasteiger partial charge < -0.3 is 0 Å². The molecule has 0 aromatic heterocycles. The predicted octanol–water partition coefficient (Wildman–Crippen LogP) is 2.18. The zero-order valence-corrected chi connectivity index (χ0v) is 8.37. The van der Waals surface area contributed by atoms with Crippen LogP contribution in [0.5, 0.6) is 0 Å². The smallest absolute Gasteiger partial charge is 0.207 e. The molecule has 0 unspecified atom stereocenters. The van der Waals surface area contributed by atoms with Crippen molar-refractivity contribution in [2.45, 2.75) is 4.90 Å². The number of halogens is 2. The summed E-state index contributed by atoms with van der Waals surface area (Å²) in [5.74, 6) is 0. The van der Waals surface area contributed by atoms with E-state index in [1.807, 2.05) is 0 Å². The Morgan fingerprint density at radius 1 is 1.45 bits per heavy atom. The molecule has 5 heteroatoms. The fourth-order valence-corrected chi connectivity index (χ4v) is 1.51. The van der Waals surface area contributed by atoms with Crippen LogP contribution < -0.4 is 0 Å². The molecule has 0 aliphatic heterocycles. The largest absolute Gasteiger partial charge is 0.261 e. The zero-order valence-electron chi connectivity index (χ0n) is 5.21. The maximum absolute atomic E-state index is 10.7. The van der Waals surface area contributed by atoms with Gasteiger partial charge in [0.05, 0.1) is 4.90 Å². The van der Waals surface area contributed by atoms with Crippen molar-refractivity contribution in [3.05, 3.63) is 28.7 Å². The van der Waals surface area contributed by atoms with Crippen LogP contribution in [0.1, 0.15) is 0 Å². The number of hydrogen-bond donors (Lipinski definition) is 0. The number of hydrogen-bond acceptors (Lipinski definition) is 2. The van der Waals surface area contributed by atoms with E-state index in [0.29, 0.717) is 0 Å². The molecule has 0 atom stereocenters. The second kappa shape index (κ2) is 3.13. The van der Waals surface area contributed by atoms with Crippen LogP contribution in [-0.2, 0) is 9.05 Å². The van der Waals surface area contributed by atoms with Crippen molar-refractivity contribution in [2.75, 3.05) is 0 Å². The Kier molecular flexibility index (Phi) is 2.57.